The van der Waals surface area contributed by atoms with Gasteiger partial charge in [-0.25, -0.2) is 8.42 Å². The topological polar surface area (TPSA) is 46.2 Å². The molecule has 0 amide bonds. The Labute approximate surface area is 133 Å². The van der Waals surface area contributed by atoms with Crippen molar-refractivity contribution in [1.29, 1.82) is 0 Å². The minimum absolute atomic E-state index is 0.329. The zero-order valence-corrected chi connectivity index (χ0v) is 14.5. The first-order valence-electron chi connectivity index (χ1n) is 6.16. The van der Waals surface area contributed by atoms with E-state index in [0.717, 1.165) is 20.3 Å². The summed E-state index contributed by atoms with van der Waals surface area (Å²) in [4.78, 5) is 0.329. The van der Waals surface area contributed by atoms with Crippen molar-refractivity contribution in [2.24, 2.45) is 0 Å². The Morgan fingerprint density at radius 1 is 0.950 bits per heavy atom. The van der Waals surface area contributed by atoms with Crippen LogP contribution in [0.2, 0.25) is 0 Å². The molecule has 0 aromatic heterocycles. The van der Waals surface area contributed by atoms with E-state index in [0.29, 0.717) is 10.6 Å². The third-order valence-corrected chi connectivity index (χ3v) is 5.24. The van der Waals surface area contributed by atoms with Crippen molar-refractivity contribution in [2.75, 3.05) is 4.72 Å². The Hall–Kier alpha value is -1.08. The summed E-state index contributed by atoms with van der Waals surface area (Å²) >= 11 is 2.20. The van der Waals surface area contributed by atoms with Crippen LogP contribution in [-0.4, -0.2) is 8.42 Å². The maximum atomic E-state index is 12.5. The number of hydrogen-bond acceptors (Lipinski definition) is 2. The summed E-state index contributed by atoms with van der Waals surface area (Å²) in [5.74, 6) is 0. The largest absolute Gasteiger partial charge is 0.279 e. The van der Waals surface area contributed by atoms with Crippen molar-refractivity contribution >= 4 is 38.3 Å². The number of nitrogens with one attached hydrogen (secondary N) is 1. The van der Waals surface area contributed by atoms with E-state index < -0.39 is 10.0 Å². The molecule has 0 radical (unpaired) electrons. The van der Waals surface area contributed by atoms with Gasteiger partial charge in [0, 0.05) is 3.57 Å². The van der Waals surface area contributed by atoms with Crippen LogP contribution in [0.3, 0.4) is 0 Å². The van der Waals surface area contributed by atoms with Crippen molar-refractivity contribution in [1.82, 2.24) is 0 Å². The molecule has 0 unspecified atom stereocenters. The second kappa shape index (κ2) is 5.73. The third kappa shape index (κ3) is 3.32. The Balaban J connectivity index is 2.43. The van der Waals surface area contributed by atoms with Gasteiger partial charge in [-0.15, -0.1) is 0 Å². The summed E-state index contributed by atoms with van der Waals surface area (Å²) in [7, 11) is -3.55. The van der Waals surface area contributed by atoms with Crippen LogP contribution in [0.15, 0.2) is 41.3 Å². The Morgan fingerprint density at radius 2 is 1.65 bits per heavy atom. The molecule has 3 nitrogen and oxygen atoms in total. The van der Waals surface area contributed by atoms with Gasteiger partial charge in [-0.05, 0) is 84.3 Å². The van der Waals surface area contributed by atoms with Gasteiger partial charge >= 0.3 is 0 Å². The van der Waals surface area contributed by atoms with Crippen LogP contribution >= 0.6 is 22.6 Å². The molecule has 0 aliphatic carbocycles. The minimum Gasteiger partial charge on any atom is -0.279 e. The van der Waals surface area contributed by atoms with E-state index in [-0.39, 0.29) is 0 Å². The summed E-state index contributed by atoms with van der Waals surface area (Å²) in [6.07, 6.45) is 0. The van der Waals surface area contributed by atoms with Crippen LogP contribution < -0.4 is 4.72 Å². The highest BCUT2D eigenvalue weighted by Gasteiger charge is 2.17. The quantitative estimate of drug-likeness (QED) is 0.790. The van der Waals surface area contributed by atoms with Crippen molar-refractivity contribution in [2.45, 2.75) is 25.7 Å². The smallest absolute Gasteiger partial charge is 0.262 e. The van der Waals surface area contributed by atoms with Crippen LogP contribution in [0.5, 0.6) is 0 Å². The molecule has 2 aromatic rings. The second-order valence-electron chi connectivity index (χ2n) is 4.83. The fourth-order valence-corrected chi connectivity index (χ4v) is 4.05. The monoisotopic (exact) mass is 401 g/mol. The van der Waals surface area contributed by atoms with E-state index in [9.17, 15) is 8.42 Å². The molecule has 2 rings (SSSR count). The maximum Gasteiger partial charge on any atom is 0.262 e. The lowest BCUT2D eigenvalue weighted by atomic mass is 10.2. The lowest BCUT2D eigenvalue weighted by Gasteiger charge is -2.13. The SMILES string of the molecule is Cc1ccc(C)c(S(=O)(=O)Nc2ccc(I)cc2C)c1. The molecule has 106 valence electrons. The molecule has 0 saturated heterocycles. The molecule has 0 aliphatic heterocycles. The third-order valence-electron chi connectivity index (χ3n) is 3.07. The van der Waals surface area contributed by atoms with Crippen LogP contribution in [0.25, 0.3) is 0 Å². The van der Waals surface area contributed by atoms with Gasteiger partial charge in [-0.1, -0.05) is 12.1 Å². The number of benzene rings is 2. The standard InChI is InChI=1S/C15H16INO2S/c1-10-4-5-11(2)15(8-10)20(18,19)17-14-7-6-13(16)9-12(14)3/h4-9,17H,1-3H3. The summed E-state index contributed by atoms with van der Waals surface area (Å²) in [6, 6.07) is 11.0. The Kier molecular flexibility index (Phi) is 4.39. The van der Waals surface area contributed by atoms with Gasteiger partial charge in [-0.3, -0.25) is 4.72 Å². The molecule has 1 N–H and O–H groups in total. The number of aryl methyl sites for hydroxylation is 3. The predicted octanol–water partition coefficient (Wildman–Crippen LogP) is 4.02. The lowest BCUT2D eigenvalue weighted by molar-refractivity contribution is 0.600. The van der Waals surface area contributed by atoms with Crippen LogP contribution in [-0.2, 0) is 10.0 Å². The van der Waals surface area contributed by atoms with Crippen molar-refractivity contribution < 1.29 is 8.42 Å². The lowest BCUT2D eigenvalue weighted by Crippen LogP contribution is -2.15. The molecule has 0 fully saturated rings. The average Bonchev–Trinajstić information content (AvgIpc) is 2.35. The first kappa shape index (κ1) is 15.3. The van der Waals surface area contributed by atoms with E-state index >= 15 is 0 Å². The normalized spacial score (nSPS) is 11.4. The first-order chi connectivity index (χ1) is 9.29. The van der Waals surface area contributed by atoms with Gasteiger partial charge in [0.05, 0.1) is 10.6 Å². The van der Waals surface area contributed by atoms with Gasteiger partial charge in [0.2, 0.25) is 0 Å². The average molecular weight is 401 g/mol. The van der Waals surface area contributed by atoms with E-state index in [4.69, 9.17) is 0 Å². The van der Waals surface area contributed by atoms with Crippen LogP contribution in [0.1, 0.15) is 16.7 Å². The van der Waals surface area contributed by atoms with Gasteiger partial charge in [0.15, 0.2) is 0 Å². The van der Waals surface area contributed by atoms with Crippen molar-refractivity contribution in [3.8, 4) is 0 Å². The number of hydrogen-bond donors (Lipinski definition) is 1. The highest BCUT2D eigenvalue weighted by atomic mass is 127. The molecule has 0 bridgehead atoms. The van der Waals surface area contributed by atoms with Crippen molar-refractivity contribution in [3.05, 3.63) is 56.7 Å². The van der Waals surface area contributed by atoms with E-state index in [1.54, 1.807) is 19.1 Å². The van der Waals surface area contributed by atoms with Crippen LogP contribution in [0.4, 0.5) is 5.69 Å². The molecule has 2 aromatic carbocycles. The number of anilines is 1. The summed E-state index contributed by atoms with van der Waals surface area (Å²) in [5, 5.41) is 0. The molecule has 0 aliphatic rings. The van der Waals surface area contributed by atoms with Crippen LogP contribution in [0, 0.1) is 24.3 Å². The highest BCUT2D eigenvalue weighted by molar-refractivity contribution is 14.1. The van der Waals surface area contributed by atoms with Gasteiger partial charge in [-0.2, -0.15) is 0 Å². The van der Waals surface area contributed by atoms with Gasteiger partial charge in [0.25, 0.3) is 10.0 Å². The zero-order chi connectivity index (χ0) is 14.9. The zero-order valence-electron chi connectivity index (χ0n) is 11.6. The number of halogens is 1. The fraction of sp³-hybridized carbons (Fsp3) is 0.200. The number of sulfonamides is 1. The molecule has 0 atom stereocenters. The maximum absolute atomic E-state index is 12.5. The van der Waals surface area contributed by atoms with E-state index in [1.165, 1.54) is 0 Å². The minimum atomic E-state index is -3.55. The van der Waals surface area contributed by atoms with E-state index in [1.807, 2.05) is 38.1 Å². The fourth-order valence-electron chi connectivity index (χ4n) is 1.94. The summed E-state index contributed by atoms with van der Waals surface area (Å²) < 4.78 is 28.7. The molecule has 0 saturated carbocycles. The first-order valence-corrected chi connectivity index (χ1v) is 8.72. The van der Waals surface area contributed by atoms with Gasteiger partial charge < -0.3 is 0 Å². The van der Waals surface area contributed by atoms with E-state index in [2.05, 4.69) is 27.3 Å². The summed E-state index contributed by atoms with van der Waals surface area (Å²) in [5.41, 5.74) is 3.19. The molecular weight excluding hydrogens is 385 g/mol. The molecular formula is C15H16INO2S. The van der Waals surface area contributed by atoms with Crippen molar-refractivity contribution in [3.63, 3.8) is 0 Å². The molecule has 20 heavy (non-hydrogen) atoms. The number of rotatable bonds is 3. The Bertz CT molecular complexity index is 754. The van der Waals surface area contributed by atoms with Gasteiger partial charge in [0.1, 0.15) is 0 Å². The molecule has 0 heterocycles. The Morgan fingerprint density at radius 3 is 2.30 bits per heavy atom. The second-order valence-corrected chi connectivity index (χ2v) is 7.73. The molecule has 5 heteroatoms. The highest BCUT2D eigenvalue weighted by Crippen LogP contribution is 2.23. The summed E-state index contributed by atoms with van der Waals surface area (Å²) in [6.45, 7) is 5.58. The molecule has 0 spiro atoms. The predicted molar refractivity (Wildman–Crippen MR) is 90.6 cm³/mol.